The second-order valence-corrected chi connectivity index (χ2v) is 7.12. The zero-order chi connectivity index (χ0) is 21.5. The molecule has 8 nitrogen and oxygen atoms in total. The van der Waals surface area contributed by atoms with Gasteiger partial charge in [-0.1, -0.05) is 6.92 Å². The van der Waals surface area contributed by atoms with E-state index in [-0.39, 0.29) is 6.29 Å². The summed E-state index contributed by atoms with van der Waals surface area (Å²) in [4.78, 5) is 3.39. The van der Waals surface area contributed by atoms with Gasteiger partial charge in [-0.05, 0) is 50.8 Å². The van der Waals surface area contributed by atoms with Gasteiger partial charge in [0.1, 0.15) is 11.4 Å². The van der Waals surface area contributed by atoms with E-state index in [4.69, 9.17) is 20.8 Å². The van der Waals surface area contributed by atoms with Gasteiger partial charge in [-0.15, -0.1) is 0 Å². The van der Waals surface area contributed by atoms with Crippen molar-refractivity contribution in [1.29, 1.82) is 5.26 Å². The molecular weight excluding hydrogens is 384 g/mol. The predicted octanol–water partition coefficient (Wildman–Crippen LogP) is 4.26. The van der Waals surface area contributed by atoms with Crippen molar-refractivity contribution in [3.05, 3.63) is 46.6 Å². The first-order valence-corrected chi connectivity index (χ1v) is 10.2. The van der Waals surface area contributed by atoms with Crippen LogP contribution in [-0.2, 0) is 22.4 Å². The lowest BCUT2D eigenvalue weighted by molar-refractivity contribution is -0.163. The molecule has 1 N–H and O–H groups in total. The van der Waals surface area contributed by atoms with Crippen molar-refractivity contribution in [2.45, 2.75) is 58.5 Å². The van der Waals surface area contributed by atoms with Crippen LogP contribution in [0.2, 0.25) is 0 Å². The molecule has 1 aromatic heterocycles. The summed E-state index contributed by atoms with van der Waals surface area (Å²) >= 11 is 0. The van der Waals surface area contributed by atoms with Crippen LogP contribution in [0.5, 0.6) is 11.5 Å². The van der Waals surface area contributed by atoms with Gasteiger partial charge in [0.05, 0.1) is 37.6 Å². The molecule has 2 unspecified atom stereocenters. The van der Waals surface area contributed by atoms with E-state index in [0.717, 1.165) is 31.6 Å². The molecule has 0 bridgehead atoms. The lowest BCUT2D eigenvalue weighted by Gasteiger charge is -2.22. The fraction of sp³-hybridized carbons (Fsp3) is 0.500. The number of ether oxygens (including phenoxy) is 3. The first kappa shape index (κ1) is 21.8. The van der Waals surface area contributed by atoms with E-state index in [1.54, 1.807) is 23.7 Å². The molecule has 2 atom stereocenters. The molecule has 1 saturated heterocycles. The molecule has 8 heteroatoms. The average molecular weight is 410 g/mol. The van der Waals surface area contributed by atoms with Gasteiger partial charge >= 0.3 is 0 Å². The van der Waals surface area contributed by atoms with E-state index in [1.807, 2.05) is 13.0 Å². The molecule has 0 saturated carbocycles. The summed E-state index contributed by atoms with van der Waals surface area (Å²) in [6, 6.07) is 6.68. The molecule has 1 aromatic carbocycles. The van der Waals surface area contributed by atoms with Crippen molar-refractivity contribution >= 4 is 5.69 Å². The SMILES string of the molecule is [C-]#[N+]c1cc(C#N)cc(Oc2c(C(C)O)nn(CCOC3CCCCO3)c2CC)c1. The quantitative estimate of drug-likeness (QED) is 0.654. The summed E-state index contributed by atoms with van der Waals surface area (Å²) in [6.07, 6.45) is 2.68. The molecule has 158 valence electrons. The lowest BCUT2D eigenvalue weighted by atomic mass is 10.2. The van der Waals surface area contributed by atoms with Crippen molar-refractivity contribution < 1.29 is 19.3 Å². The van der Waals surface area contributed by atoms with Gasteiger partial charge in [-0.25, -0.2) is 4.85 Å². The maximum Gasteiger partial charge on any atom is 0.192 e. The first-order valence-electron chi connectivity index (χ1n) is 10.2. The van der Waals surface area contributed by atoms with Crippen molar-refractivity contribution in [3.63, 3.8) is 0 Å². The van der Waals surface area contributed by atoms with Crippen LogP contribution < -0.4 is 4.74 Å². The third kappa shape index (κ3) is 5.17. The van der Waals surface area contributed by atoms with Gasteiger partial charge in [0, 0.05) is 12.2 Å². The standard InChI is InChI=1S/C22H26N4O4/c1-4-19-22(30-18-12-16(14-23)11-17(13-18)24-3)21(15(2)27)25-26(19)8-10-29-20-7-5-6-9-28-20/h11-13,15,20,27H,4-10H2,1-2H3. The van der Waals surface area contributed by atoms with Crippen LogP contribution in [-0.4, -0.2) is 34.4 Å². The Balaban J connectivity index is 1.83. The van der Waals surface area contributed by atoms with Crippen LogP contribution in [0.1, 0.15) is 56.2 Å². The fourth-order valence-corrected chi connectivity index (χ4v) is 3.42. The smallest absolute Gasteiger partial charge is 0.192 e. The number of nitriles is 1. The summed E-state index contributed by atoms with van der Waals surface area (Å²) in [5.41, 5.74) is 1.87. The fourth-order valence-electron chi connectivity index (χ4n) is 3.42. The van der Waals surface area contributed by atoms with Crippen LogP contribution in [0.3, 0.4) is 0 Å². The molecule has 1 aliphatic heterocycles. The molecule has 30 heavy (non-hydrogen) atoms. The Morgan fingerprint density at radius 1 is 1.43 bits per heavy atom. The molecule has 2 heterocycles. The normalized spacial score (nSPS) is 17.2. The Hall–Kier alpha value is -2.91. The highest BCUT2D eigenvalue weighted by molar-refractivity contribution is 5.56. The summed E-state index contributed by atoms with van der Waals surface area (Å²) in [5.74, 6) is 0.815. The van der Waals surface area contributed by atoms with Crippen LogP contribution in [0.15, 0.2) is 18.2 Å². The number of benzene rings is 1. The number of hydrogen-bond donors (Lipinski definition) is 1. The van der Waals surface area contributed by atoms with Gasteiger partial charge in [-0.2, -0.15) is 10.4 Å². The minimum absolute atomic E-state index is 0.174. The third-order valence-corrected chi connectivity index (χ3v) is 4.88. The number of hydrogen-bond acceptors (Lipinski definition) is 6. The zero-order valence-electron chi connectivity index (χ0n) is 17.3. The van der Waals surface area contributed by atoms with Crippen molar-refractivity contribution in [2.75, 3.05) is 13.2 Å². The van der Waals surface area contributed by atoms with Crippen molar-refractivity contribution in [1.82, 2.24) is 9.78 Å². The molecule has 1 fully saturated rings. The topological polar surface area (TPSA) is 93.9 Å². The third-order valence-electron chi connectivity index (χ3n) is 4.88. The Bertz CT molecular complexity index is 917. The van der Waals surface area contributed by atoms with Gasteiger partial charge in [0.2, 0.25) is 0 Å². The van der Waals surface area contributed by atoms with E-state index in [1.165, 1.54) is 6.07 Å². The minimum Gasteiger partial charge on any atom is -0.455 e. The summed E-state index contributed by atoms with van der Waals surface area (Å²) in [7, 11) is 0. The van der Waals surface area contributed by atoms with E-state index < -0.39 is 6.10 Å². The van der Waals surface area contributed by atoms with Gasteiger partial charge in [0.25, 0.3) is 0 Å². The molecule has 2 aromatic rings. The number of aromatic nitrogens is 2. The van der Waals surface area contributed by atoms with Gasteiger partial charge in [0.15, 0.2) is 17.7 Å². The maximum absolute atomic E-state index is 10.2. The highest BCUT2D eigenvalue weighted by Gasteiger charge is 2.23. The predicted molar refractivity (Wildman–Crippen MR) is 109 cm³/mol. The lowest BCUT2D eigenvalue weighted by Crippen LogP contribution is -2.24. The molecular formula is C22H26N4O4. The largest absolute Gasteiger partial charge is 0.455 e. The van der Waals surface area contributed by atoms with Gasteiger partial charge in [-0.3, -0.25) is 4.68 Å². The van der Waals surface area contributed by atoms with E-state index in [2.05, 4.69) is 9.94 Å². The van der Waals surface area contributed by atoms with Crippen LogP contribution in [0.25, 0.3) is 4.85 Å². The van der Waals surface area contributed by atoms with E-state index in [9.17, 15) is 10.4 Å². The molecule has 0 spiro atoms. The molecule has 0 amide bonds. The zero-order valence-corrected chi connectivity index (χ0v) is 17.3. The van der Waals surface area contributed by atoms with E-state index >= 15 is 0 Å². The summed E-state index contributed by atoms with van der Waals surface area (Å²) in [6.45, 7) is 12.5. The number of rotatable bonds is 8. The monoisotopic (exact) mass is 410 g/mol. The highest BCUT2D eigenvalue weighted by atomic mass is 16.7. The number of aliphatic hydroxyl groups is 1. The van der Waals surface area contributed by atoms with Crippen LogP contribution in [0.4, 0.5) is 5.69 Å². The molecule has 1 aliphatic rings. The molecule has 3 rings (SSSR count). The van der Waals surface area contributed by atoms with Gasteiger partial charge < -0.3 is 19.3 Å². The Kier molecular flexibility index (Phi) is 7.42. The minimum atomic E-state index is -0.839. The highest BCUT2D eigenvalue weighted by Crippen LogP contribution is 2.35. The Morgan fingerprint density at radius 3 is 2.90 bits per heavy atom. The first-order chi connectivity index (χ1) is 14.5. The number of nitrogens with zero attached hydrogens (tertiary/aromatic N) is 4. The maximum atomic E-state index is 10.2. The Morgan fingerprint density at radius 2 is 2.27 bits per heavy atom. The van der Waals surface area contributed by atoms with Crippen LogP contribution in [0, 0.1) is 17.9 Å². The molecule has 0 radical (unpaired) electrons. The van der Waals surface area contributed by atoms with E-state index in [0.29, 0.717) is 48.0 Å². The average Bonchev–Trinajstić information content (AvgIpc) is 3.11. The summed E-state index contributed by atoms with van der Waals surface area (Å²) < 4.78 is 19.2. The van der Waals surface area contributed by atoms with Crippen molar-refractivity contribution in [3.8, 4) is 17.6 Å². The molecule has 0 aliphatic carbocycles. The second-order valence-electron chi connectivity index (χ2n) is 7.12. The Labute approximate surface area is 176 Å². The number of aliphatic hydroxyl groups excluding tert-OH is 1. The second kappa shape index (κ2) is 10.2. The van der Waals surface area contributed by atoms with Crippen molar-refractivity contribution in [2.24, 2.45) is 0 Å². The summed E-state index contributed by atoms with van der Waals surface area (Å²) in [5, 5.41) is 24.0. The van der Waals surface area contributed by atoms with Crippen LogP contribution >= 0.6 is 0 Å².